The van der Waals surface area contributed by atoms with E-state index in [1.807, 2.05) is 0 Å². The highest BCUT2D eigenvalue weighted by molar-refractivity contribution is 9.10. The summed E-state index contributed by atoms with van der Waals surface area (Å²) in [6, 6.07) is 6.49. The van der Waals surface area contributed by atoms with Crippen LogP contribution in [0.1, 0.15) is 15.9 Å². The maximum atomic E-state index is 12.0. The summed E-state index contributed by atoms with van der Waals surface area (Å²) in [4.78, 5) is 15.9. The number of nitrogens with zero attached hydrogens (tertiary/aromatic N) is 1. The van der Waals surface area contributed by atoms with E-state index in [0.717, 1.165) is 22.2 Å². The fraction of sp³-hybridized carbons (Fsp3) is 0.143. The first-order valence-corrected chi connectivity index (χ1v) is 6.86. The Morgan fingerprint density at radius 3 is 2.50 bits per heavy atom. The first-order chi connectivity index (χ1) is 10.3. The van der Waals surface area contributed by atoms with Crippen molar-refractivity contribution in [2.24, 2.45) is 0 Å². The third-order valence-corrected chi connectivity index (χ3v) is 3.00. The van der Waals surface area contributed by atoms with Gasteiger partial charge in [-0.15, -0.1) is 13.2 Å². The fourth-order valence-corrected chi connectivity index (χ4v) is 2.06. The predicted octanol–water partition coefficient (Wildman–Crippen LogP) is 3.67. The van der Waals surface area contributed by atoms with Crippen molar-refractivity contribution in [1.82, 2.24) is 10.3 Å². The van der Waals surface area contributed by atoms with Crippen molar-refractivity contribution in [2.75, 3.05) is 0 Å². The first-order valence-electron chi connectivity index (χ1n) is 6.07. The lowest BCUT2D eigenvalue weighted by Gasteiger charge is -2.09. The number of carbonyl (C=O) groups excluding carboxylic acids is 1. The van der Waals surface area contributed by atoms with E-state index in [-0.39, 0.29) is 17.9 Å². The smallest absolute Gasteiger partial charge is 0.406 e. The molecule has 0 aliphatic carbocycles. The molecule has 0 aliphatic heterocycles. The van der Waals surface area contributed by atoms with Crippen LogP contribution in [0.25, 0.3) is 0 Å². The molecule has 2 aromatic rings. The van der Waals surface area contributed by atoms with E-state index in [9.17, 15) is 18.0 Å². The molecule has 8 heteroatoms. The number of rotatable bonds is 4. The standard InChI is InChI=1S/C14H10BrF3N2O2/c15-11-5-9(6-19-8-11)7-20-13(21)10-1-3-12(4-2-10)22-14(16,17)18/h1-6,8H,7H2,(H,20,21). The Kier molecular flexibility index (Phi) is 5.02. The van der Waals surface area contributed by atoms with Crippen LogP contribution < -0.4 is 10.1 Å². The minimum absolute atomic E-state index is 0.234. The minimum Gasteiger partial charge on any atom is -0.406 e. The normalized spacial score (nSPS) is 11.1. The van der Waals surface area contributed by atoms with Gasteiger partial charge in [-0.05, 0) is 51.8 Å². The van der Waals surface area contributed by atoms with E-state index in [1.54, 1.807) is 18.5 Å². The van der Waals surface area contributed by atoms with Crippen LogP contribution in [0.15, 0.2) is 47.2 Å². The summed E-state index contributed by atoms with van der Waals surface area (Å²) in [6.45, 7) is 0.256. The third kappa shape index (κ3) is 5.03. The summed E-state index contributed by atoms with van der Waals surface area (Å²) in [5, 5.41) is 2.65. The molecule has 0 radical (unpaired) electrons. The molecule has 0 bridgehead atoms. The Morgan fingerprint density at radius 1 is 1.23 bits per heavy atom. The molecule has 1 heterocycles. The van der Waals surface area contributed by atoms with Gasteiger partial charge in [-0.3, -0.25) is 9.78 Å². The number of hydrogen-bond donors (Lipinski definition) is 1. The van der Waals surface area contributed by atoms with Gasteiger partial charge in [0, 0.05) is 29.0 Å². The molecular formula is C14H10BrF3N2O2. The van der Waals surface area contributed by atoms with Gasteiger partial charge < -0.3 is 10.1 Å². The van der Waals surface area contributed by atoms with Crippen molar-refractivity contribution in [1.29, 1.82) is 0 Å². The number of carbonyl (C=O) groups is 1. The number of benzene rings is 1. The highest BCUT2D eigenvalue weighted by Crippen LogP contribution is 2.22. The molecule has 1 amide bonds. The van der Waals surface area contributed by atoms with Crippen molar-refractivity contribution in [3.05, 3.63) is 58.3 Å². The molecule has 116 valence electrons. The summed E-state index contributed by atoms with van der Waals surface area (Å²) >= 11 is 3.26. The minimum atomic E-state index is -4.75. The first kappa shape index (κ1) is 16.3. The second kappa shape index (κ2) is 6.78. The summed E-state index contributed by atoms with van der Waals surface area (Å²) < 4.78 is 40.6. The highest BCUT2D eigenvalue weighted by atomic mass is 79.9. The second-order valence-corrected chi connectivity index (χ2v) is 5.18. The number of pyridine rings is 1. The largest absolute Gasteiger partial charge is 0.573 e. The van der Waals surface area contributed by atoms with Crippen molar-refractivity contribution >= 4 is 21.8 Å². The molecule has 0 spiro atoms. The van der Waals surface area contributed by atoms with Crippen LogP contribution in [-0.2, 0) is 6.54 Å². The van der Waals surface area contributed by atoms with Gasteiger partial charge >= 0.3 is 6.36 Å². The van der Waals surface area contributed by atoms with Crippen LogP contribution in [0.2, 0.25) is 0 Å². The van der Waals surface area contributed by atoms with E-state index in [4.69, 9.17) is 0 Å². The number of ether oxygens (including phenoxy) is 1. The Morgan fingerprint density at radius 2 is 1.91 bits per heavy atom. The van der Waals surface area contributed by atoms with Crippen molar-refractivity contribution < 1.29 is 22.7 Å². The van der Waals surface area contributed by atoms with Crippen LogP contribution >= 0.6 is 15.9 Å². The van der Waals surface area contributed by atoms with Crippen LogP contribution in [-0.4, -0.2) is 17.3 Å². The molecule has 0 atom stereocenters. The zero-order valence-electron chi connectivity index (χ0n) is 11.0. The SMILES string of the molecule is O=C(NCc1cncc(Br)c1)c1ccc(OC(F)(F)F)cc1. The van der Waals surface area contributed by atoms with E-state index in [0.29, 0.717) is 0 Å². The molecule has 0 unspecified atom stereocenters. The molecule has 1 aromatic heterocycles. The zero-order chi connectivity index (χ0) is 16.2. The molecule has 0 fully saturated rings. The number of amides is 1. The topological polar surface area (TPSA) is 51.2 Å². The van der Waals surface area contributed by atoms with Crippen molar-refractivity contribution in [3.63, 3.8) is 0 Å². The molecular weight excluding hydrogens is 365 g/mol. The van der Waals surface area contributed by atoms with Gasteiger partial charge in [0.2, 0.25) is 0 Å². The molecule has 0 saturated carbocycles. The fourth-order valence-electron chi connectivity index (χ4n) is 1.64. The monoisotopic (exact) mass is 374 g/mol. The number of aromatic nitrogens is 1. The number of hydrogen-bond acceptors (Lipinski definition) is 3. The van der Waals surface area contributed by atoms with Gasteiger partial charge in [-0.1, -0.05) is 0 Å². The maximum absolute atomic E-state index is 12.0. The van der Waals surface area contributed by atoms with Gasteiger partial charge in [0.15, 0.2) is 0 Å². The third-order valence-electron chi connectivity index (χ3n) is 2.56. The number of nitrogens with one attached hydrogen (secondary N) is 1. The van der Waals surface area contributed by atoms with E-state index >= 15 is 0 Å². The molecule has 1 N–H and O–H groups in total. The number of halogens is 4. The lowest BCUT2D eigenvalue weighted by molar-refractivity contribution is -0.274. The summed E-state index contributed by atoms with van der Waals surface area (Å²) in [5.74, 6) is -0.779. The van der Waals surface area contributed by atoms with Crippen molar-refractivity contribution in [3.8, 4) is 5.75 Å². The summed E-state index contributed by atoms with van der Waals surface area (Å²) in [7, 11) is 0. The van der Waals surface area contributed by atoms with Crippen LogP contribution in [0, 0.1) is 0 Å². The maximum Gasteiger partial charge on any atom is 0.573 e. The molecule has 1 aromatic carbocycles. The van der Waals surface area contributed by atoms with Gasteiger partial charge in [0.1, 0.15) is 5.75 Å². The zero-order valence-corrected chi connectivity index (χ0v) is 12.6. The molecule has 0 saturated heterocycles. The Labute approximate surface area is 132 Å². The number of alkyl halides is 3. The van der Waals surface area contributed by atoms with E-state index in [2.05, 4.69) is 31.0 Å². The van der Waals surface area contributed by atoms with Gasteiger partial charge in [-0.2, -0.15) is 0 Å². The molecule has 2 rings (SSSR count). The highest BCUT2D eigenvalue weighted by Gasteiger charge is 2.31. The average Bonchev–Trinajstić information content (AvgIpc) is 2.44. The second-order valence-electron chi connectivity index (χ2n) is 4.27. The summed E-state index contributed by atoms with van der Waals surface area (Å²) in [5.41, 5.74) is 1.03. The van der Waals surface area contributed by atoms with E-state index in [1.165, 1.54) is 12.1 Å². The van der Waals surface area contributed by atoms with Crippen molar-refractivity contribution in [2.45, 2.75) is 12.9 Å². The van der Waals surface area contributed by atoms with Crippen LogP contribution in [0.5, 0.6) is 5.75 Å². The molecule has 22 heavy (non-hydrogen) atoms. The lowest BCUT2D eigenvalue weighted by atomic mass is 10.2. The Bertz CT molecular complexity index is 660. The quantitative estimate of drug-likeness (QED) is 0.887. The average molecular weight is 375 g/mol. The Hall–Kier alpha value is -2.09. The molecule has 4 nitrogen and oxygen atoms in total. The predicted molar refractivity (Wildman–Crippen MR) is 76.2 cm³/mol. The Balaban J connectivity index is 1.95. The lowest BCUT2D eigenvalue weighted by Crippen LogP contribution is -2.23. The van der Waals surface area contributed by atoms with Crippen LogP contribution in [0.4, 0.5) is 13.2 Å². The van der Waals surface area contributed by atoms with E-state index < -0.39 is 12.3 Å². The molecule has 0 aliphatic rings. The van der Waals surface area contributed by atoms with Gasteiger partial charge in [0.05, 0.1) is 0 Å². The van der Waals surface area contributed by atoms with Gasteiger partial charge in [0.25, 0.3) is 5.91 Å². The van der Waals surface area contributed by atoms with Crippen LogP contribution in [0.3, 0.4) is 0 Å². The summed E-state index contributed by atoms with van der Waals surface area (Å²) in [6.07, 6.45) is -1.53. The van der Waals surface area contributed by atoms with Gasteiger partial charge in [-0.25, -0.2) is 0 Å².